The van der Waals surface area contributed by atoms with Crippen LogP contribution in [0, 0.1) is 11.3 Å². The maximum atomic E-state index is 13.0. The standard InChI is InChI=1S/C31H24N2O/c1-31(27-18-16-25(17-19-27)23-10-6-3-7-11-23)20-28(29(21-32)30(34)33-31)26-14-12-24(13-15-26)22-8-4-2-5-9-22/h2-19H,20H2,1H3,(H,33,34)/t31-/m1/s1. The number of nitrogens with zero attached hydrogens (tertiary/aromatic N) is 1. The Hall–Kier alpha value is -4.42. The van der Waals surface area contributed by atoms with E-state index in [1.807, 2.05) is 67.6 Å². The lowest BCUT2D eigenvalue weighted by atomic mass is 9.78. The highest BCUT2D eigenvalue weighted by Crippen LogP contribution is 2.39. The second-order valence-electron chi connectivity index (χ2n) is 8.82. The van der Waals surface area contributed by atoms with E-state index in [4.69, 9.17) is 0 Å². The summed E-state index contributed by atoms with van der Waals surface area (Å²) in [7, 11) is 0. The number of carbonyl (C=O) groups excluding carboxylic acids is 1. The monoisotopic (exact) mass is 440 g/mol. The van der Waals surface area contributed by atoms with Gasteiger partial charge in [0, 0.05) is 6.42 Å². The first-order chi connectivity index (χ1) is 16.6. The van der Waals surface area contributed by atoms with Gasteiger partial charge < -0.3 is 5.32 Å². The third-order valence-corrected chi connectivity index (χ3v) is 6.53. The highest BCUT2D eigenvalue weighted by atomic mass is 16.1. The van der Waals surface area contributed by atoms with Crippen LogP contribution >= 0.6 is 0 Å². The first-order valence-electron chi connectivity index (χ1n) is 11.3. The minimum Gasteiger partial charge on any atom is -0.342 e. The average molecular weight is 441 g/mol. The van der Waals surface area contributed by atoms with Crippen LogP contribution in [-0.2, 0) is 10.3 Å². The summed E-state index contributed by atoms with van der Waals surface area (Å²) in [5, 5.41) is 12.8. The van der Waals surface area contributed by atoms with E-state index < -0.39 is 5.54 Å². The molecule has 3 nitrogen and oxygen atoms in total. The Labute approximate surface area is 200 Å². The minimum atomic E-state index is -0.611. The lowest BCUT2D eigenvalue weighted by molar-refractivity contribution is -0.119. The zero-order valence-corrected chi connectivity index (χ0v) is 19.0. The Kier molecular flexibility index (Phi) is 5.57. The molecule has 4 aromatic carbocycles. The van der Waals surface area contributed by atoms with Gasteiger partial charge in [0.2, 0.25) is 0 Å². The van der Waals surface area contributed by atoms with Crippen LogP contribution in [0.3, 0.4) is 0 Å². The lowest BCUT2D eigenvalue weighted by Gasteiger charge is -2.36. The first kappa shape index (κ1) is 21.4. The van der Waals surface area contributed by atoms with Crippen LogP contribution in [0.1, 0.15) is 24.5 Å². The first-order valence-corrected chi connectivity index (χ1v) is 11.3. The van der Waals surface area contributed by atoms with Gasteiger partial charge in [-0.15, -0.1) is 0 Å². The SMILES string of the molecule is C[C@]1(c2ccc(-c3ccccc3)cc2)CC(c2ccc(-c3ccccc3)cc2)=C(C#N)C(=O)N1. The molecule has 1 atom stereocenters. The van der Waals surface area contributed by atoms with Crippen molar-refractivity contribution < 1.29 is 4.79 Å². The van der Waals surface area contributed by atoms with Crippen LogP contribution in [0.4, 0.5) is 0 Å². The van der Waals surface area contributed by atoms with Crippen molar-refractivity contribution in [1.29, 1.82) is 5.26 Å². The molecule has 4 aromatic rings. The van der Waals surface area contributed by atoms with Crippen LogP contribution in [-0.4, -0.2) is 5.91 Å². The second-order valence-corrected chi connectivity index (χ2v) is 8.82. The van der Waals surface area contributed by atoms with Gasteiger partial charge in [-0.1, -0.05) is 109 Å². The molecule has 0 aliphatic carbocycles. The molecule has 1 N–H and O–H groups in total. The van der Waals surface area contributed by atoms with Crippen LogP contribution in [0.5, 0.6) is 0 Å². The summed E-state index contributed by atoms with van der Waals surface area (Å²) in [5.74, 6) is -0.328. The van der Waals surface area contributed by atoms with Gasteiger partial charge in [0.05, 0.1) is 5.54 Å². The fourth-order valence-electron chi connectivity index (χ4n) is 4.63. The molecular formula is C31H24N2O. The van der Waals surface area contributed by atoms with Gasteiger partial charge in [0.25, 0.3) is 5.91 Å². The number of amides is 1. The number of nitrogens with one attached hydrogen (secondary N) is 1. The van der Waals surface area contributed by atoms with Crippen LogP contribution in [0.15, 0.2) is 115 Å². The molecule has 0 spiro atoms. The van der Waals surface area contributed by atoms with E-state index >= 15 is 0 Å². The Morgan fingerprint density at radius 2 is 1.12 bits per heavy atom. The maximum absolute atomic E-state index is 13.0. The molecule has 0 fully saturated rings. The summed E-state index contributed by atoms with van der Waals surface area (Å²) in [6.45, 7) is 2.02. The molecule has 5 rings (SSSR count). The van der Waals surface area contributed by atoms with E-state index in [0.29, 0.717) is 6.42 Å². The Bertz CT molecular complexity index is 1400. The Morgan fingerprint density at radius 3 is 1.62 bits per heavy atom. The van der Waals surface area contributed by atoms with E-state index in [0.717, 1.165) is 39.0 Å². The lowest BCUT2D eigenvalue weighted by Crippen LogP contribution is -2.47. The average Bonchev–Trinajstić information content (AvgIpc) is 2.89. The fraction of sp³-hybridized carbons (Fsp3) is 0.0968. The number of hydrogen-bond donors (Lipinski definition) is 1. The summed E-state index contributed by atoms with van der Waals surface area (Å²) in [5.41, 5.74) is 6.77. The second kappa shape index (κ2) is 8.84. The highest BCUT2D eigenvalue weighted by Gasteiger charge is 2.37. The van der Waals surface area contributed by atoms with Crippen molar-refractivity contribution in [3.05, 3.63) is 126 Å². The maximum Gasteiger partial charge on any atom is 0.262 e. The van der Waals surface area contributed by atoms with E-state index in [1.165, 1.54) is 0 Å². The van der Waals surface area contributed by atoms with E-state index in [9.17, 15) is 10.1 Å². The molecule has 164 valence electrons. The van der Waals surface area contributed by atoms with Crippen LogP contribution < -0.4 is 5.32 Å². The van der Waals surface area contributed by atoms with Crippen molar-refractivity contribution in [1.82, 2.24) is 5.32 Å². The van der Waals surface area contributed by atoms with E-state index in [-0.39, 0.29) is 11.5 Å². The van der Waals surface area contributed by atoms with Gasteiger partial charge in [0.1, 0.15) is 11.6 Å². The van der Waals surface area contributed by atoms with Crippen molar-refractivity contribution >= 4 is 11.5 Å². The van der Waals surface area contributed by atoms with Crippen LogP contribution in [0.2, 0.25) is 0 Å². The molecule has 0 bridgehead atoms. The summed E-state index contributed by atoms with van der Waals surface area (Å²) in [6.07, 6.45) is 0.539. The molecule has 0 saturated heterocycles. The van der Waals surface area contributed by atoms with Crippen LogP contribution in [0.25, 0.3) is 27.8 Å². The molecule has 1 heterocycles. The molecule has 3 heteroatoms. The molecule has 1 aliphatic heterocycles. The van der Waals surface area contributed by atoms with Crippen molar-refractivity contribution in [2.45, 2.75) is 18.9 Å². The number of carbonyl (C=O) groups is 1. The summed E-state index contributed by atoms with van der Waals surface area (Å²) in [6, 6.07) is 38.9. The number of hydrogen-bond acceptors (Lipinski definition) is 2. The van der Waals surface area contributed by atoms with E-state index in [2.05, 4.69) is 59.9 Å². The highest BCUT2D eigenvalue weighted by molar-refractivity contribution is 6.07. The van der Waals surface area contributed by atoms with Crippen molar-refractivity contribution in [2.75, 3.05) is 0 Å². The zero-order chi connectivity index (χ0) is 23.5. The normalized spacial score (nSPS) is 17.7. The molecule has 0 aromatic heterocycles. The van der Waals surface area contributed by atoms with Gasteiger partial charge in [0.15, 0.2) is 0 Å². The van der Waals surface area contributed by atoms with Gasteiger partial charge >= 0.3 is 0 Å². The zero-order valence-electron chi connectivity index (χ0n) is 19.0. The minimum absolute atomic E-state index is 0.186. The predicted molar refractivity (Wildman–Crippen MR) is 136 cm³/mol. The molecular weight excluding hydrogens is 416 g/mol. The molecule has 0 radical (unpaired) electrons. The number of rotatable bonds is 4. The smallest absolute Gasteiger partial charge is 0.262 e. The van der Waals surface area contributed by atoms with Gasteiger partial charge in [-0.05, 0) is 45.9 Å². The Morgan fingerprint density at radius 1 is 0.676 bits per heavy atom. The van der Waals surface area contributed by atoms with Crippen molar-refractivity contribution in [3.8, 4) is 28.3 Å². The van der Waals surface area contributed by atoms with Crippen molar-refractivity contribution in [2.24, 2.45) is 0 Å². The number of nitriles is 1. The molecule has 1 amide bonds. The third kappa shape index (κ3) is 4.02. The predicted octanol–water partition coefficient (Wildman–Crippen LogP) is 6.73. The summed E-state index contributed by atoms with van der Waals surface area (Å²) in [4.78, 5) is 13.0. The molecule has 34 heavy (non-hydrogen) atoms. The quantitative estimate of drug-likeness (QED) is 0.382. The molecule has 1 aliphatic rings. The largest absolute Gasteiger partial charge is 0.342 e. The van der Waals surface area contributed by atoms with Gasteiger partial charge in [-0.3, -0.25) is 4.79 Å². The number of benzene rings is 4. The fourth-order valence-corrected chi connectivity index (χ4v) is 4.63. The summed E-state index contributed by atoms with van der Waals surface area (Å²) < 4.78 is 0. The molecule has 0 saturated carbocycles. The summed E-state index contributed by atoms with van der Waals surface area (Å²) >= 11 is 0. The van der Waals surface area contributed by atoms with Gasteiger partial charge in [-0.25, -0.2) is 0 Å². The Balaban J connectivity index is 1.48. The molecule has 0 unspecified atom stereocenters. The van der Waals surface area contributed by atoms with Crippen molar-refractivity contribution in [3.63, 3.8) is 0 Å². The van der Waals surface area contributed by atoms with E-state index in [1.54, 1.807) is 0 Å². The topological polar surface area (TPSA) is 52.9 Å². The third-order valence-electron chi connectivity index (χ3n) is 6.53. The van der Waals surface area contributed by atoms with Gasteiger partial charge in [-0.2, -0.15) is 5.26 Å².